The van der Waals surface area contributed by atoms with Crippen LogP contribution in [-0.2, 0) is 0 Å². The van der Waals surface area contributed by atoms with Crippen LogP contribution < -0.4 is 5.32 Å². The summed E-state index contributed by atoms with van der Waals surface area (Å²) < 4.78 is 0. The molecule has 92 valence electrons. The highest BCUT2D eigenvalue weighted by Gasteiger charge is 2.30. The molecule has 0 aromatic carbocycles. The number of hydrogen-bond donors (Lipinski definition) is 1. The van der Waals surface area contributed by atoms with E-state index in [-0.39, 0.29) is 0 Å². The van der Waals surface area contributed by atoms with E-state index in [1.807, 2.05) is 0 Å². The Labute approximate surface area is 104 Å². The molecule has 2 atom stereocenters. The lowest BCUT2D eigenvalue weighted by Crippen LogP contribution is -2.36. The third kappa shape index (κ3) is 3.14. The van der Waals surface area contributed by atoms with Crippen molar-refractivity contribution in [2.45, 2.75) is 55.9 Å². The normalized spacial score (nSPS) is 36.8. The molecule has 2 aliphatic heterocycles. The molecule has 0 spiro atoms. The standard InChI is InChI=1S/C13H24N2S/c1-2-8-16-13(3-1)10-15-7-6-12(9-15)14-11-4-5-11/h11-14H,1-10H2. The molecule has 1 aliphatic carbocycles. The lowest BCUT2D eigenvalue weighted by Gasteiger charge is -2.26. The minimum Gasteiger partial charge on any atom is -0.310 e. The van der Waals surface area contributed by atoms with E-state index in [1.165, 1.54) is 63.9 Å². The average Bonchev–Trinajstić information content (AvgIpc) is 3.01. The molecule has 2 saturated heterocycles. The summed E-state index contributed by atoms with van der Waals surface area (Å²) in [6.07, 6.45) is 8.61. The van der Waals surface area contributed by atoms with Crippen LogP contribution in [0.2, 0.25) is 0 Å². The van der Waals surface area contributed by atoms with Crippen LogP contribution in [0, 0.1) is 0 Å². The highest BCUT2D eigenvalue weighted by molar-refractivity contribution is 7.99. The second-order valence-corrected chi connectivity index (χ2v) is 7.08. The van der Waals surface area contributed by atoms with Crippen LogP contribution in [0.3, 0.4) is 0 Å². The molecular weight excluding hydrogens is 216 g/mol. The van der Waals surface area contributed by atoms with Gasteiger partial charge in [0.15, 0.2) is 0 Å². The predicted octanol–water partition coefficient (Wildman–Crippen LogP) is 2.10. The van der Waals surface area contributed by atoms with Gasteiger partial charge in [-0.25, -0.2) is 0 Å². The van der Waals surface area contributed by atoms with E-state index in [0.717, 1.165) is 17.3 Å². The zero-order chi connectivity index (χ0) is 10.8. The van der Waals surface area contributed by atoms with E-state index in [9.17, 15) is 0 Å². The fourth-order valence-electron chi connectivity index (χ4n) is 2.96. The van der Waals surface area contributed by atoms with Crippen molar-refractivity contribution in [3.05, 3.63) is 0 Å². The van der Waals surface area contributed by atoms with Crippen molar-refractivity contribution in [1.82, 2.24) is 10.2 Å². The van der Waals surface area contributed by atoms with Crippen molar-refractivity contribution in [2.24, 2.45) is 0 Å². The minimum absolute atomic E-state index is 0.807. The van der Waals surface area contributed by atoms with Gasteiger partial charge in [-0.15, -0.1) is 0 Å². The Kier molecular flexibility index (Phi) is 3.75. The van der Waals surface area contributed by atoms with E-state index in [0.29, 0.717) is 0 Å². The zero-order valence-electron chi connectivity index (χ0n) is 10.2. The number of nitrogens with one attached hydrogen (secondary N) is 1. The first-order valence-corrected chi connectivity index (χ1v) is 8.05. The molecule has 0 amide bonds. The average molecular weight is 240 g/mol. The third-order valence-electron chi connectivity index (χ3n) is 4.06. The molecule has 1 N–H and O–H groups in total. The molecule has 1 saturated carbocycles. The first-order valence-electron chi connectivity index (χ1n) is 7.00. The van der Waals surface area contributed by atoms with E-state index in [4.69, 9.17) is 0 Å². The van der Waals surface area contributed by atoms with Gasteiger partial charge in [-0.3, -0.25) is 0 Å². The second kappa shape index (κ2) is 5.28. The van der Waals surface area contributed by atoms with Crippen molar-refractivity contribution in [1.29, 1.82) is 0 Å². The van der Waals surface area contributed by atoms with E-state index in [2.05, 4.69) is 22.0 Å². The van der Waals surface area contributed by atoms with Crippen LogP contribution >= 0.6 is 11.8 Å². The van der Waals surface area contributed by atoms with Crippen molar-refractivity contribution in [3.8, 4) is 0 Å². The zero-order valence-corrected chi connectivity index (χ0v) is 11.0. The van der Waals surface area contributed by atoms with Gasteiger partial charge < -0.3 is 10.2 Å². The van der Waals surface area contributed by atoms with Crippen LogP contribution in [0.15, 0.2) is 0 Å². The fourth-order valence-corrected chi connectivity index (χ4v) is 4.31. The number of rotatable bonds is 4. The second-order valence-electron chi connectivity index (χ2n) is 5.67. The van der Waals surface area contributed by atoms with Crippen molar-refractivity contribution in [2.75, 3.05) is 25.4 Å². The summed E-state index contributed by atoms with van der Waals surface area (Å²) in [7, 11) is 0. The van der Waals surface area contributed by atoms with Gasteiger partial charge >= 0.3 is 0 Å². The summed E-state index contributed by atoms with van der Waals surface area (Å²) in [6, 6.07) is 1.69. The van der Waals surface area contributed by atoms with Crippen LogP contribution in [0.1, 0.15) is 38.5 Å². The molecule has 16 heavy (non-hydrogen) atoms. The molecule has 3 heteroatoms. The number of nitrogens with zero attached hydrogens (tertiary/aromatic N) is 1. The fraction of sp³-hybridized carbons (Fsp3) is 1.00. The summed E-state index contributed by atoms with van der Waals surface area (Å²) in [6.45, 7) is 4.00. The SMILES string of the molecule is C1CCC(CN2CCC(NC3CC3)C2)SC1. The van der Waals surface area contributed by atoms with E-state index >= 15 is 0 Å². The van der Waals surface area contributed by atoms with Gasteiger partial charge in [0.1, 0.15) is 0 Å². The quantitative estimate of drug-likeness (QED) is 0.810. The number of thioether (sulfide) groups is 1. The molecule has 3 fully saturated rings. The lowest BCUT2D eigenvalue weighted by molar-refractivity contribution is 0.321. The Bertz CT molecular complexity index is 224. The maximum atomic E-state index is 3.77. The summed E-state index contributed by atoms with van der Waals surface area (Å²) >= 11 is 2.22. The van der Waals surface area contributed by atoms with Gasteiger partial charge in [0.05, 0.1) is 0 Å². The van der Waals surface area contributed by atoms with Gasteiger partial charge in [-0.1, -0.05) is 6.42 Å². The highest BCUT2D eigenvalue weighted by Crippen LogP contribution is 2.27. The Balaban J connectivity index is 1.38. The summed E-state index contributed by atoms with van der Waals surface area (Å²) in [5.41, 5.74) is 0. The number of likely N-dealkylation sites (tertiary alicyclic amines) is 1. The van der Waals surface area contributed by atoms with Crippen molar-refractivity contribution >= 4 is 11.8 Å². The third-order valence-corrected chi connectivity index (χ3v) is 5.44. The number of hydrogen-bond acceptors (Lipinski definition) is 3. The van der Waals surface area contributed by atoms with Crippen LogP contribution in [0.4, 0.5) is 0 Å². The Morgan fingerprint density at radius 1 is 1.06 bits per heavy atom. The molecule has 0 bridgehead atoms. The van der Waals surface area contributed by atoms with Gasteiger partial charge in [0.2, 0.25) is 0 Å². The summed E-state index contributed by atoms with van der Waals surface area (Å²) in [5.74, 6) is 1.41. The molecule has 2 heterocycles. The molecule has 2 unspecified atom stereocenters. The summed E-state index contributed by atoms with van der Waals surface area (Å²) in [5, 5.41) is 4.71. The first-order chi connectivity index (χ1) is 7.90. The molecule has 2 nitrogen and oxygen atoms in total. The van der Waals surface area contributed by atoms with Crippen molar-refractivity contribution in [3.63, 3.8) is 0 Å². The Morgan fingerprint density at radius 2 is 2.00 bits per heavy atom. The molecule has 3 rings (SSSR count). The Morgan fingerprint density at radius 3 is 2.75 bits per heavy atom. The minimum atomic E-state index is 0.807. The monoisotopic (exact) mass is 240 g/mol. The maximum absolute atomic E-state index is 3.77. The highest BCUT2D eigenvalue weighted by atomic mass is 32.2. The summed E-state index contributed by atoms with van der Waals surface area (Å²) in [4.78, 5) is 2.70. The van der Waals surface area contributed by atoms with E-state index in [1.54, 1.807) is 0 Å². The molecule has 0 aromatic heterocycles. The lowest BCUT2D eigenvalue weighted by atomic mass is 10.2. The van der Waals surface area contributed by atoms with Gasteiger partial charge in [-0.2, -0.15) is 11.8 Å². The molecule has 0 aromatic rings. The van der Waals surface area contributed by atoms with Gasteiger partial charge in [0.25, 0.3) is 0 Å². The predicted molar refractivity (Wildman–Crippen MR) is 71.1 cm³/mol. The largest absolute Gasteiger partial charge is 0.310 e. The first kappa shape index (κ1) is 11.4. The molecule has 0 radical (unpaired) electrons. The van der Waals surface area contributed by atoms with Crippen LogP contribution in [-0.4, -0.2) is 47.6 Å². The van der Waals surface area contributed by atoms with Gasteiger partial charge in [-0.05, 0) is 44.4 Å². The molecular formula is C13H24N2S. The van der Waals surface area contributed by atoms with Crippen molar-refractivity contribution < 1.29 is 0 Å². The Hall–Kier alpha value is 0.270. The maximum Gasteiger partial charge on any atom is 0.0209 e. The van der Waals surface area contributed by atoms with Crippen LogP contribution in [0.5, 0.6) is 0 Å². The van der Waals surface area contributed by atoms with Gasteiger partial charge in [0, 0.05) is 30.4 Å². The smallest absolute Gasteiger partial charge is 0.0209 e. The molecule has 3 aliphatic rings. The van der Waals surface area contributed by atoms with Crippen LogP contribution in [0.25, 0.3) is 0 Å². The topological polar surface area (TPSA) is 15.3 Å². The van der Waals surface area contributed by atoms with E-state index < -0.39 is 0 Å².